The van der Waals surface area contributed by atoms with E-state index in [1.165, 1.54) is 5.56 Å². The summed E-state index contributed by atoms with van der Waals surface area (Å²) >= 11 is 0. The molecule has 0 aliphatic heterocycles. The Morgan fingerprint density at radius 3 is 2.88 bits per heavy atom. The summed E-state index contributed by atoms with van der Waals surface area (Å²) in [7, 11) is 1.68. The summed E-state index contributed by atoms with van der Waals surface area (Å²) in [4.78, 5) is 11.0. The van der Waals surface area contributed by atoms with E-state index < -0.39 is 0 Å². The van der Waals surface area contributed by atoms with Gasteiger partial charge >= 0.3 is 0 Å². The van der Waals surface area contributed by atoms with Crippen LogP contribution in [0.1, 0.15) is 31.7 Å². The Morgan fingerprint density at radius 2 is 2.18 bits per heavy atom. The molecule has 0 spiro atoms. The van der Waals surface area contributed by atoms with Gasteiger partial charge in [0.05, 0.1) is 7.11 Å². The number of hydrogen-bond acceptors (Lipinski definition) is 2. The molecule has 3 nitrogen and oxygen atoms in total. The molecule has 1 rings (SSSR count). The maximum absolute atomic E-state index is 11.0. The largest absolute Gasteiger partial charge is 0.497 e. The van der Waals surface area contributed by atoms with Gasteiger partial charge in [-0.2, -0.15) is 0 Å². The molecule has 0 unspecified atom stereocenters. The average molecular weight is 235 g/mol. The van der Waals surface area contributed by atoms with Crippen molar-refractivity contribution in [3.05, 3.63) is 29.8 Å². The zero-order valence-electron chi connectivity index (χ0n) is 10.7. The molecule has 1 aromatic carbocycles. The molecular formula is C14H21NO2. The Morgan fingerprint density at radius 1 is 1.35 bits per heavy atom. The van der Waals surface area contributed by atoms with E-state index in [1.807, 2.05) is 19.1 Å². The van der Waals surface area contributed by atoms with E-state index >= 15 is 0 Å². The van der Waals surface area contributed by atoms with Crippen LogP contribution in [0.4, 0.5) is 0 Å². The van der Waals surface area contributed by atoms with Gasteiger partial charge in [-0.05, 0) is 37.0 Å². The Bertz CT molecular complexity index is 350. The fourth-order valence-electron chi connectivity index (χ4n) is 1.63. The lowest BCUT2D eigenvalue weighted by Crippen LogP contribution is -2.23. The molecule has 1 aromatic rings. The van der Waals surface area contributed by atoms with Crippen LogP contribution >= 0.6 is 0 Å². The van der Waals surface area contributed by atoms with Crippen molar-refractivity contribution < 1.29 is 9.53 Å². The summed E-state index contributed by atoms with van der Waals surface area (Å²) < 4.78 is 5.17. The monoisotopic (exact) mass is 235 g/mol. The molecule has 0 saturated heterocycles. The molecule has 1 amide bonds. The predicted octanol–water partition coefficient (Wildman–Crippen LogP) is 2.54. The number of nitrogens with one attached hydrogen (secondary N) is 1. The smallest absolute Gasteiger partial charge is 0.219 e. The van der Waals surface area contributed by atoms with Crippen molar-refractivity contribution in [3.8, 4) is 5.75 Å². The summed E-state index contributed by atoms with van der Waals surface area (Å²) in [6, 6.07) is 8.12. The fraction of sp³-hybridized carbons (Fsp3) is 0.500. The number of aryl methyl sites for hydroxylation is 1. The topological polar surface area (TPSA) is 38.3 Å². The number of carbonyl (C=O) groups excluding carboxylic acids is 1. The van der Waals surface area contributed by atoms with Gasteiger partial charge in [0.2, 0.25) is 5.91 Å². The molecule has 0 fully saturated rings. The maximum atomic E-state index is 11.0. The minimum Gasteiger partial charge on any atom is -0.497 e. The lowest BCUT2D eigenvalue weighted by atomic mass is 10.1. The third kappa shape index (κ3) is 5.38. The standard InChI is InChI=1S/C14H21NO2/c1-3-14(16)15-10-5-4-7-12-8-6-9-13(11-12)17-2/h6,8-9,11H,3-5,7,10H2,1-2H3,(H,15,16). The van der Waals surface area contributed by atoms with Gasteiger partial charge in [0.25, 0.3) is 0 Å². The van der Waals surface area contributed by atoms with Crippen LogP contribution < -0.4 is 10.1 Å². The lowest BCUT2D eigenvalue weighted by Gasteiger charge is -2.05. The van der Waals surface area contributed by atoms with E-state index in [0.29, 0.717) is 6.42 Å². The molecule has 0 bridgehead atoms. The molecule has 0 aliphatic carbocycles. The van der Waals surface area contributed by atoms with Crippen molar-refractivity contribution in [2.24, 2.45) is 0 Å². The van der Waals surface area contributed by atoms with Gasteiger partial charge in [0.15, 0.2) is 0 Å². The first kappa shape index (κ1) is 13.6. The Hall–Kier alpha value is -1.51. The number of methoxy groups -OCH3 is 1. The van der Waals surface area contributed by atoms with Gasteiger partial charge in [0.1, 0.15) is 5.75 Å². The molecule has 0 aliphatic rings. The highest BCUT2D eigenvalue weighted by Crippen LogP contribution is 2.14. The van der Waals surface area contributed by atoms with E-state index in [1.54, 1.807) is 7.11 Å². The quantitative estimate of drug-likeness (QED) is 0.738. The van der Waals surface area contributed by atoms with Crippen molar-refractivity contribution in [2.45, 2.75) is 32.6 Å². The molecule has 0 heterocycles. The highest BCUT2D eigenvalue weighted by Gasteiger charge is 1.98. The molecule has 0 aromatic heterocycles. The summed E-state index contributed by atoms with van der Waals surface area (Å²) in [6.07, 6.45) is 3.69. The van der Waals surface area contributed by atoms with Crippen molar-refractivity contribution in [2.75, 3.05) is 13.7 Å². The minimum atomic E-state index is 0.131. The van der Waals surface area contributed by atoms with Crippen molar-refractivity contribution in [3.63, 3.8) is 0 Å². The Balaban J connectivity index is 2.19. The van der Waals surface area contributed by atoms with Gasteiger partial charge in [-0.15, -0.1) is 0 Å². The lowest BCUT2D eigenvalue weighted by molar-refractivity contribution is -0.120. The Labute approximate surface area is 103 Å². The minimum absolute atomic E-state index is 0.131. The van der Waals surface area contributed by atoms with Crippen LogP contribution in [0.2, 0.25) is 0 Å². The number of unbranched alkanes of at least 4 members (excludes halogenated alkanes) is 1. The molecule has 0 atom stereocenters. The van der Waals surface area contributed by atoms with Crippen LogP contribution in [-0.2, 0) is 11.2 Å². The number of benzene rings is 1. The van der Waals surface area contributed by atoms with Gasteiger partial charge < -0.3 is 10.1 Å². The third-order valence-corrected chi connectivity index (χ3v) is 2.67. The van der Waals surface area contributed by atoms with Crippen LogP contribution in [0.3, 0.4) is 0 Å². The Kier molecular flexibility index (Phi) is 6.15. The van der Waals surface area contributed by atoms with E-state index in [2.05, 4.69) is 17.4 Å². The van der Waals surface area contributed by atoms with E-state index in [9.17, 15) is 4.79 Å². The van der Waals surface area contributed by atoms with E-state index in [-0.39, 0.29) is 5.91 Å². The first-order valence-corrected chi connectivity index (χ1v) is 6.16. The highest BCUT2D eigenvalue weighted by molar-refractivity contribution is 5.75. The van der Waals surface area contributed by atoms with Crippen LogP contribution in [0.15, 0.2) is 24.3 Å². The second-order valence-corrected chi connectivity index (χ2v) is 4.01. The summed E-state index contributed by atoms with van der Waals surface area (Å²) in [5.41, 5.74) is 1.28. The van der Waals surface area contributed by atoms with Crippen LogP contribution in [0.5, 0.6) is 5.75 Å². The first-order chi connectivity index (χ1) is 8.26. The van der Waals surface area contributed by atoms with E-state index in [4.69, 9.17) is 4.74 Å². The molecule has 3 heteroatoms. The third-order valence-electron chi connectivity index (χ3n) is 2.67. The van der Waals surface area contributed by atoms with Gasteiger partial charge in [0, 0.05) is 13.0 Å². The number of amides is 1. The molecule has 1 N–H and O–H groups in total. The second-order valence-electron chi connectivity index (χ2n) is 4.01. The summed E-state index contributed by atoms with van der Waals surface area (Å²) in [5, 5.41) is 2.88. The van der Waals surface area contributed by atoms with Crippen LogP contribution in [0, 0.1) is 0 Å². The maximum Gasteiger partial charge on any atom is 0.219 e. The zero-order valence-corrected chi connectivity index (χ0v) is 10.7. The molecule has 17 heavy (non-hydrogen) atoms. The van der Waals surface area contributed by atoms with Crippen molar-refractivity contribution in [1.82, 2.24) is 5.32 Å². The number of hydrogen-bond donors (Lipinski definition) is 1. The van der Waals surface area contributed by atoms with Gasteiger partial charge in [-0.1, -0.05) is 19.1 Å². The highest BCUT2D eigenvalue weighted by atomic mass is 16.5. The molecular weight excluding hydrogens is 214 g/mol. The van der Waals surface area contributed by atoms with Crippen molar-refractivity contribution >= 4 is 5.91 Å². The number of carbonyl (C=O) groups is 1. The summed E-state index contributed by atoms with van der Waals surface area (Å²) in [6.45, 7) is 2.64. The molecule has 0 radical (unpaired) electrons. The van der Waals surface area contributed by atoms with Crippen LogP contribution in [-0.4, -0.2) is 19.6 Å². The summed E-state index contributed by atoms with van der Waals surface area (Å²) in [5.74, 6) is 1.04. The predicted molar refractivity (Wildman–Crippen MR) is 69.2 cm³/mol. The number of rotatable bonds is 7. The normalized spacial score (nSPS) is 10.0. The zero-order chi connectivity index (χ0) is 12.5. The molecule has 0 saturated carbocycles. The average Bonchev–Trinajstić information content (AvgIpc) is 2.38. The first-order valence-electron chi connectivity index (χ1n) is 6.16. The van der Waals surface area contributed by atoms with E-state index in [0.717, 1.165) is 31.6 Å². The van der Waals surface area contributed by atoms with Gasteiger partial charge in [-0.25, -0.2) is 0 Å². The fourth-order valence-corrected chi connectivity index (χ4v) is 1.63. The second kappa shape index (κ2) is 7.71. The van der Waals surface area contributed by atoms with Crippen LogP contribution in [0.25, 0.3) is 0 Å². The SMILES string of the molecule is CCC(=O)NCCCCc1cccc(OC)c1. The number of ether oxygens (including phenoxy) is 1. The molecule has 94 valence electrons. The van der Waals surface area contributed by atoms with Crippen molar-refractivity contribution in [1.29, 1.82) is 0 Å². The van der Waals surface area contributed by atoms with Gasteiger partial charge in [-0.3, -0.25) is 4.79 Å².